The van der Waals surface area contributed by atoms with E-state index in [1.807, 2.05) is 20.0 Å². The summed E-state index contributed by atoms with van der Waals surface area (Å²) in [6.07, 6.45) is 2.83. The lowest BCUT2D eigenvalue weighted by molar-refractivity contribution is 0.356. The van der Waals surface area contributed by atoms with Crippen molar-refractivity contribution < 1.29 is 8.91 Å². The van der Waals surface area contributed by atoms with Crippen LogP contribution < -0.4 is 5.32 Å². The van der Waals surface area contributed by atoms with Crippen LogP contribution in [0.1, 0.15) is 31.2 Å². The summed E-state index contributed by atoms with van der Waals surface area (Å²) in [6.45, 7) is 3.98. The summed E-state index contributed by atoms with van der Waals surface area (Å²) in [5.41, 5.74) is 1.49. The molecule has 0 bridgehead atoms. The van der Waals surface area contributed by atoms with Gasteiger partial charge in [-0.15, -0.1) is 0 Å². The van der Waals surface area contributed by atoms with E-state index in [1.165, 1.54) is 12.1 Å². The summed E-state index contributed by atoms with van der Waals surface area (Å²) in [4.78, 5) is 4.35. The zero-order valence-electron chi connectivity index (χ0n) is 12.1. The van der Waals surface area contributed by atoms with Gasteiger partial charge in [0.15, 0.2) is 0 Å². The minimum atomic E-state index is -0.287. The van der Waals surface area contributed by atoms with E-state index in [1.54, 1.807) is 0 Å². The van der Waals surface area contributed by atoms with Crippen molar-refractivity contribution in [3.8, 4) is 11.4 Å². The number of hydrogen-bond acceptors (Lipinski definition) is 4. The van der Waals surface area contributed by atoms with Gasteiger partial charge >= 0.3 is 0 Å². The Balaban J connectivity index is 2.15. The first-order chi connectivity index (χ1) is 9.62. The Morgan fingerprint density at radius 1 is 1.35 bits per heavy atom. The molecule has 0 radical (unpaired) electrons. The second-order valence-electron chi connectivity index (χ2n) is 5.01. The second kappa shape index (κ2) is 6.61. The van der Waals surface area contributed by atoms with Crippen molar-refractivity contribution in [2.75, 3.05) is 7.05 Å². The molecule has 1 unspecified atom stereocenters. The number of nitrogens with one attached hydrogen (secondary N) is 1. The van der Waals surface area contributed by atoms with E-state index in [0.29, 0.717) is 29.7 Å². The molecular formula is C15H20FN3O. The topological polar surface area (TPSA) is 51.0 Å². The Morgan fingerprint density at radius 3 is 2.80 bits per heavy atom. The molecule has 0 fully saturated rings. The second-order valence-corrected chi connectivity index (χ2v) is 5.01. The van der Waals surface area contributed by atoms with Gasteiger partial charge in [-0.1, -0.05) is 18.5 Å². The third kappa shape index (κ3) is 3.63. The largest absolute Gasteiger partial charge is 0.339 e. The predicted octanol–water partition coefficient (Wildman–Crippen LogP) is 3.11. The van der Waals surface area contributed by atoms with Crippen LogP contribution in [0, 0.1) is 12.7 Å². The highest BCUT2D eigenvalue weighted by Crippen LogP contribution is 2.19. The molecule has 0 aliphatic rings. The van der Waals surface area contributed by atoms with E-state index < -0.39 is 0 Å². The Bertz CT molecular complexity index is 548. The van der Waals surface area contributed by atoms with Crippen molar-refractivity contribution in [1.82, 2.24) is 15.5 Å². The minimum Gasteiger partial charge on any atom is -0.339 e. The highest BCUT2D eigenvalue weighted by atomic mass is 19.1. The van der Waals surface area contributed by atoms with Gasteiger partial charge in [0.25, 0.3) is 0 Å². The Kier molecular flexibility index (Phi) is 4.84. The Morgan fingerprint density at radius 2 is 2.15 bits per heavy atom. The van der Waals surface area contributed by atoms with E-state index in [9.17, 15) is 4.39 Å². The van der Waals surface area contributed by atoms with E-state index in [4.69, 9.17) is 4.52 Å². The van der Waals surface area contributed by atoms with E-state index in [0.717, 1.165) is 18.4 Å². The van der Waals surface area contributed by atoms with Crippen LogP contribution in [0.2, 0.25) is 0 Å². The Hall–Kier alpha value is -1.75. The van der Waals surface area contributed by atoms with Crippen LogP contribution in [-0.4, -0.2) is 23.2 Å². The van der Waals surface area contributed by atoms with Crippen LogP contribution in [0.4, 0.5) is 4.39 Å². The van der Waals surface area contributed by atoms with E-state index >= 15 is 0 Å². The summed E-state index contributed by atoms with van der Waals surface area (Å²) >= 11 is 0. The van der Waals surface area contributed by atoms with Gasteiger partial charge in [-0.2, -0.15) is 4.98 Å². The summed E-state index contributed by atoms with van der Waals surface area (Å²) in [5, 5.41) is 7.17. The van der Waals surface area contributed by atoms with Crippen LogP contribution in [-0.2, 0) is 6.42 Å². The molecule has 0 amide bonds. The van der Waals surface area contributed by atoms with Gasteiger partial charge in [0.2, 0.25) is 11.7 Å². The maximum atomic E-state index is 13.4. The number of aromatic nitrogens is 2. The van der Waals surface area contributed by atoms with Crippen LogP contribution in [0.5, 0.6) is 0 Å². The average Bonchev–Trinajstić information content (AvgIpc) is 2.85. The van der Waals surface area contributed by atoms with Crippen molar-refractivity contribution in [2.45, 2.75) is 39.2 Å². The smallest absolute Gasteiger partial charge is 0.228 e. The van der Waals surface area contributed by atoms with Gasteiger partial charge in [0.1, 0.15) is 5.82 Å². The molecule has 1 aromatic heterocycles. The minimum absolute atomic E-state index is 0.287. The van der Waals surface area contributed by atoms with Gasteiger partial charge in [0, 0.05) is 18.0 Å². The van der Waals surface area contributed by atoms with Crippen LogP contribution in [0.25, 0.3) is 11.4 Å². The fraction of sp³-hybridized carbons (Fsp3) is 0.467. The van der Waals surface area contributed by atoms with Gasteiger partial charge in [0.05, 0.1) is 0 Å². The van der Waals surface area contributed by atoms with Crippen LogP contribution >= 0.6 is 0 Å². The normalized spacial score (nSPS) is 12.6. The molecule has 0 saturated heterocycles. The molecule has 1 aromatic carbocycles. The van der Waals surface area contributed by atoms with E-state index in [2.05, 4.69) is 22.4 Å². The van der Waals surface area contributed by atoms with Crippen molar-refractivity contribution >= 4 is 0 Å². The van der Waals surface area contributed by atoms with Crippen molar-refractivity contribution in [1.29, 1.82) is 0 Å². The third-order valence-electron chi connectivity index (χ3n) is 3.23. The van der Waals surface area contributed by atoms with Crippen LogP contribution in [0.3, 0.4) is 0 Å². The first kappa shape index (κ1) is 14.7. The lowest BCUT2D eigenvalue weighted by atomic mass is 10.1. The van der Waals surface area contributed by atoms with Crippen molar-refractivity contribution in [3.63, 3.8) is 0 Å². The molecule has 4 nitrogen and oxygen atoms in total. The van der Waals surface area contributed by atoms with E-state index in [-0.39, 0.29) is 5.82 Å². The highest BCUT2D eigenvalue weighted by molar-refractivity contribution is 5.55. The monoisotopic (exact) mass is 277 g/mol. The van der Waals surface area contributed by atoms with Crippen molar-refractivity contribution in [2.24, 2.45) is 0 Å². The molecule has 0 aliphatic heterocycles. The molecule has 1 N–H and O–H groups in total. The third-order valence-corrected chi connectivity index (χ3v) is 3.23. The molecule has 0 saturated carbocycles. The van der Waals surface area contributed by atoms with Crippen LogP contribution in [0.15, 0.2) is 22.7 Å². The summed E-state index contributed by atoms with van der Waals surface area (Å²) in [6, 6.07) is 5.06. The van der Waals surface area contributed by atoms with Crippen molar-refractivity contribution in [3.05, 3.63) is 35.5 Å². The van der Waals surface area contributed by atoms with Gasteiger partial charge in [-0.25, -0.2) is 4.39 Å². The lowest BCUT2D eigenvalue weighted by Gasteiger charge is -2.11. The molecular weight excluding hydrogens is 257 g/mol. The highest BCUT2D eigenvalue weighted by Gasteiger charge is 2.14. The molecule has 0 aliphatic carbocycles. The quantitative estimate of drug-likeness (QED) is 0.881. The molecule has 1 atom stereocenters. The van der Waals surface area contributed by atoms with Gasteiger partial charge in [-0.3, -0.25) is 0 Å². The standard InChI is InChI=1S/C15H20FN3O/c1-4-5-13(17-3)9-14-18-15(19-20-14)11-6-10(2)7-12(16)8-11/h6-8,13,17H,4-5,9H2,1-3H3. The van der Waals surface area contributed by atoms with Gasteiger partial charge < -0.3 is 9.84 Å². The summed E-state index contributed by atoms with van der Waals surface area (Å²) in [5.74, 6) is 0.731. The number of rotatable bonds is 6. The number of hydrogen-bond donors (Lipinski definition) is 1. The lowest BCUT2D eigenvalue weighted by Crippen LogP contribution is -2.27. The predicted molar refractivity (Wildman–Crippen MR) is 75.9 cm³/mol. The number of benzene rings is 1. The first-order valence-corrected chi connectivity index (χ1v) is 6.89. The molecule has 20 heavy (non-hydrogen) atoms. The first-order valence-electron chi connectivity index (χ1n) is 6.89. The number of likely N-dealkylation sites (N-methyl/N-ethyl adjacent to an activating group) is 1. The molecule has 2 rings (SSSR count). The number of halogens is 1. The molecule has 108 valence electrons. The maximum Gasteiger partial charge on any atom is 0.228 e. The summed E-state index contributed by atoms with van der Waals surface area (Å²) in [7, 11) is 1.92. The molecule has 1 heterocycles. The maximum absolute atomic E-state index is 13.4. The molecule has 2 aromatic rings. The average molecular weight is 277 g/mol. The molecule has 0 spiro atoms. The summed E-state index contributed by atoms with van der Waals surface area (Å²) < 4.78 is 18.6. The number of nitrogens with zero attached hydrogens (tertiary/aromatic N) is 2. The SMILES string of the molecule is CCCC(Cc1nc(-c2cc(C)cc(F)c2)no1)NC. The zero-order chi connectivity index (χ0) is 14.5. The number of aryl methyl sites for hydroxylation is 1. The fourth-order valence-electron chi connectivity index (χ4n) is 2.23. The molecule has 5 heteroatoms. The Labute approximate surface area is 118 Å². The zero-order valence-corrected chi connectivity index (χ0v) is 12.1. The van der Waals surface area contributed by atoms with Gasteiger partial charge in [-0.05, 0) is 44.2 Å². The fourth-order valence-corrected chi connectivity index (χ4v) is 2.23.